The van der Waals surface area contributed by atoms with Crippen LogP contribution in [0.2, 0.25) is 0 Å². The standard InChI is InChI=1S/C23H30N4O2/c1-15(2)29-20-8-6-19(7-9-20)12-13-24-23(28)11-10-21-17(4)25-22-14-16(3)26-27(22)18(21)5/h6-9,14-15H,10-13H2,1-5H3,(H,24,28). The molecular formula is C23H30N4O2. The van der Waals surface area contributed by atoms with Crippen LogP contribution < -0.4 is 10.1 Å². The van der Waals surface area contributed by atoms with Crippen LogP contribution in [0.1, 0.15) is 48.5 Å². The monoisotopic (exact) mass is 394 g/mol. The average molecular weight is 395 g/mol. The van der Waals surface area contributed by atoms with E-state index < -0.39 is 0 Å². The Morgan fingerprint density at radius 3 is 2.55 bits per heavy atom. The minimum absolute atomic E-state index is 0.0558. The highest BCUT2D eigenvalue weighted by atomic mass is 16.5. The van der Waals surface area contributed by atoms with E-state index >= 15 is 0 Å². The third-order valence-electron chi connectivity index (χ3n) is 4.92. The zero-order chi connectivity index (χ0) is 21.0. The molecule has 0 atom stereocenters. The van der Waals surface area contributed by atoms with Gasteiger partial charge >= 0.3 is 0 Å². The summed E-state index contributed by atoms with van der Waals surface area (Å²) in [6, 6.07) is 10.0. The maximum Gasteiger partial charge on any atom is 0.220 e. The van der Waals surface area contributed by atoms with Crippen molar-refractivity contribution in [2.45, 2.75) is 60.0 Å². The van der Waals surface area contributed by atoms with Crippen molar-refractivity contribution in [1.82, 2.24) is 19.9 Å². The molecular weight excluding hydrogens is 364 g/mol. The van der Waals surface area contributed by atoms with E-state index in [9.17, 15) is 4.79 Å². The highest BCUT2D eigenvalue weighted by molar-refractivity contribution is 5.76. The molecule has 0 aliphatic rings. The highest BCUT2D eigenvalue weighted by Gasteiger charge is 2.12. The molecule has 2 aromatic heterocycles. The van der Waals surface area contributed by atoms with E-state index in [-0.39, 0.29) is 12.0 Å². The van der Waals surface area contributed by atoms with E-state index in [0.717, 1.165) is 40.5 Å². The van der Waals surface area contributed by atoms with Crippen LogP contribution in [-0.2, 0) is 17.6 Å². The van der Waals surface area contributed by atoms with Crippen LogP contribution in [0.15, 0.2) is 30.3 Å². The van der Waals surface area contributed by atoms with Crippen LogP contribution in [-0.4, -0.2) is 33.2 Å². The molecule has 0 saturated heterocycles. The summed E-state index contributed by atoms with van der Waals surface area (Å²) in [5.74, 6) is 0.928. The van der Waals surface area contributed by atoms with E-state index in [1.807, 2.05) is 69.5 Å². The van der Waals surface area contributed by atoms with E-state index in [2.05, 4.69) is 15.4 Å². The third-order valence-corrected chi connectivity index (χ3v) is 4.92. The molecule has 0 unspecified atom stereocenters. The summed E-state index contributed by atoms with van der Waals surface area (Å²) in [7, 11) is 0. The number of fused-ring (bicyclic) bond motifs is 1. The molecule has 1 aromatic carbocycles. The molecule has 0 fully saturated rings. The topological polar surface area (TPSA) is 68.5 Å². The molecule has 0 radical (unpaired) electrons. The number of nitrogens with zero attached hydrogens (tertiary/aromatic N) is 3. The number of aromatic nitrogens is 3. The second-order valence-electron chi connectivity index (χ2n) is 7.73. The maximum absolute atomic E-state index is 12.3. The summed E-state index contributed by atoms with van der Waals surface area (Å²) >= 11 is 0. The number of carbonyl (C=O) groups excluding carboxylic acids is 1. The van der Waals surface area contributed by atoms with Crippen molar-refractivity contribution in [2.75, 3.05) is 6.54 Å². The first kappa shape index (κ1) is 20.8. The molecule has 0 saturated carbocycles. The number of ether oxygens (including phenoxy) is 1. The van der Waals surface area contributed by atoms with Gasteiger partial charge in [0.05, 0.1) is 11.8 Å². The van der Waals surface area contributed by atoms with Gasteiger partial charge in [0.15, 0.2) is 5.65 Å². The Balaban J connectivity index is 1.50. The fourth-order valence-corrected chi connectivity index (χ4v) is 3.48. The number of rotatable bonds is 8. The smallest absolute Gasteiger partial charge is 0.220 e. The molecule has 0 aliphatic heterocycles. The van der Waals surface area contributed by atoms with E-state index in [4.69, 9.17) is 4.74 Å². The van der Waals surface area contributed by atoms with Crippen molar-refractivity contribution < 1.29 is 9.53 Å². The first-order valence-corrected chi connectivity index (χ1v) is 10.2. The highest BCUT2D eigenvalue weighted by Crippen LogP contribution is 2.17. The summed E-state index contributed by atoms with van der Waals surface area (Å²) in [6.45, 7) is 10.6. The Morgan fingerprint density at radius 1 is 1.14 bits per heavy atom. The molecule has 3 aromatic rings. The van der Waals surface area contributed by atoms with Gasteiger partial charge in [0.2, 0.25) is 5.91 Å². The van der Waals surface area contributed by atoms with E-state index in [1.54, 1.807) is 0 Å². The molecule has 0 spiro atoms. The zero-order valence-electron chi connectivity index (χ0n) is 18.0. The summed E-state index contributed by atoms with van der Waals surface area (Å²) in [5.41, 5.74) is 6.09. The largest absolute Gasteiger partial charge is 0.491 e. The van der Waals surface area contributed by atoms with Crippen LogP contribution in [0.3, 0.4) is 0 Å². The van der Waals surface area contributed by atoms with Crippen molar-refractivity contribution >= 4 is 11.6 Å². The second-order valence-corrected chi connectivity index (χ2v) is 7.73. The SMILES string of the molecule is Cc1cc2nc(C)c(CCC(=O)NCCc3ccc(OC(C)C)cc3)c(C)n2n1. The lowest BCUT2D eigenvalue weighted by atomic mass is 10.1. The first-order chi connectivity index (χ1) is 13.8. The third kappa shape index (κ3) is 5.34. The molecule has 6 nitrogen and oxygen atoms in total. The van der Waals surface area contributed by atoms with Crippen LogP contribution >= 0.6 is 0 Å². The predicted molar refractivity (Wildman–Crippen MR) is 114 cm³/mol. The van der Waals surface area contributed by atoms with Gasteiger partial charge in [-0.3, -0.25) is 4.79 Å². The van der Waals surface area contributed by atoms with Crippen molar-refractivity contribution in [3.63, 3.8) is 0 Å². The Bertz CT molecular complexity index is 990. The van der Waals surface area contributed by atoms with Crippen LogP contribution in [0.5, 0.6) is 5.75 Å². The Hall–Kier alpha value is -2.89. The summed E-state index contributed by atoms with van der Waals surface area (Å²) in [4.78, 5) is 16.9. The molecule has 29 heavy (non-hydrogen) atoms. The number of nitrogens with one attached hydrogen (secondary N) is 1. The number of carbonyl (C=O) groups is 1. The minimum Gasteiger partial charge on any atom is -0.491 e. The molecule has 6 heteroatoms. The van der Waals surface area contributed by atoms with Gasteiger partial charge in [-0.2, -0.15) is 5.10 Å². The lowest BCUT2D eigenvalue weighted by Gasteiger charge is -2.12. The lowest BCUT2D eigenvalue weighted by Crippen LogP contribution is -2.26. The maximum atomic E-state index is 12.3. The van der Waals surface area contributed by atoms with Gasteiger partial charge in [0.25, 0.3) is 0 Å². The average Bonchev–Trinajstić information content (AvgIpc) is 3.03. The van der Waals surface area contributed by atoms with E-state index in [1.165, 1.54) is 5.56 Å². The van der Waals surface area contributed by atoms with Gasteiger partial charge in [-0.05, 0) is 70.7 Å². The Kier molecular flexibility index (Phi) is 6.52. The number of hydrogen-bond acceptors (Lipinski definition) is 4. The lowest BCUT2D eigenvalue weighted by molar-refractivity contribution is -0.121. The summed E-state index contributed by atoms with van der Waals surface area (Å²) in [6.07, 6.45) is 2.06. The Labute approximate surface area is 172 Å². The van der Waals surface area contributed by atoms with E-state index in [0.29, 0.717) is 19.4 Å². The predicted octanol–water partition coefficient (Wildman–Crippen LogP) is 3.73. The quantitative estimate of drug-likeness (QED) is 0.632. The normalized spacial score (nSPS) is 11.2. The number of aryl methyl sites for hydroxylation is 3. The molecule has 1 amide bonds. The molecule has 2 heterocycles. The fraction of sp³-hybridized carbons (Fsp3) is 0.435. The van der Waals surface area contributed by atoms with Gasteiger partial charge in [0, 0.05) is 30.4 Å². The summed E-state index contributed by atoms with van der Waals surface area (Å²) in [5, 5.41) is 7.51. The van der Waals surface area contributed by atoms with Crippen molar-refractivity contribution in [3.8, 4) is 5.75 Å². The number of hydrogen-bond donors (Lipinski definition) is 1. The van der Waals surface area contributed by atoms with Gasteiger partial charge in [-0.15, -0.1) is 0 Å². The molecule has 0 aliphatic carbocycles. The second kappa shape index (κ2) is 9.07. The minimum atomic E-state index is 0.0558. The summed E-state index contributed by atoms with van der Waals surface area (Å²) < 4.78 is 7.52. The first-order valence-electron chi connectivity index (χ1n) is 10.2. The molecule has 0 bridgehead atoms. The number of amides is 1. The van der Waals surface area contributed by atoms with Crippen LogP contribution in [0.25, 0.3) is 5.65 Å². The van der Waals surface area contributed by atoms with Crippen molar-refractivity contribution in [3.05, 3.63) is 58.5 Å². The van der Waals surface area contributed by atoms with Crippen molar-refractivity contribution in [2.24, 2.45) is 0 Å². The van der Waals surface area contributed by atoms with Crippen LogP contribution in [0.4, 0.5) is 0 Å². The fourth-order valence-electron chi connectivity index (χ4n) is 3.48. The van der Waals surface area contributed by atoms with Crippen LogP contribution in [0, 0.1) is 20.8 Å². The van der Waals surface area contributed by atoms with Gasteiger partial charge in [-0.1, -0.05) is 12.1 Å². The van der Waals surface area contributed by atoms with Gasteiger partial charge in [0.1, 0.15) is 5.75 Å². The molecule has 3 rings (SSSR count). The van der Waals surface area contributed by atoms with Crippen molar-refractivity contribution in [1.29, 1.82) is 0 Å². The molecule has 154 valence electrons. The van der Waals surface area contributed by atoms with Gasteiger partial charge < -0.3 is 10.1 Å². The number of benzene rings is 1. The Morgan fingerprint density at radius 2 is 1.86 bits per heavy atom. The van der Waals surface area contributed by atoms with Gasteiger partial charge in [-0.25, -0.2) is 9.50 Å². The molecule has 1 N–H and O–H groups in total. The zero-order valence-corrected chi connectivity index (χ0v) is 18.0.